The predicted molar refractivity (Wildman–Crippen MR) is 93.6 cm³/mol. The van der Waals surface area contributed by atoms with E-state index in [-0.39, 0.29) is 0 Å². The van der Waals surface area contributed by atoms with Crippen molar-refractivity contribution < 1.29 is 14.2 Å². The third-order valence-corrected chi connectivity index (χ3v) is 5.88. The molecule has 2 unspecified atom stereocenters. The van der Waals surface area contributed by atoms with Crippen LogP contribution in [0.4, 0.5) is 0 Å². The molecule has 2 atom stereocenters. The second-order valence-electron chi connectivity index (χ2n) is 7.49. The van der Waals surface area contributed by atoms with E-state index in [2.05, 4.69) is 17.4 Å². The van der Waals surface area contributed by atoms with Crippen LogP contribution in [0.25, 0.3) is 0 Å². The van der Waals surface area contributed by atoms with Gasteiger partial charge in [-0.05, 0) is 48.9 Å². The number of benzene rings is 1. The first-order chi connectivity index (χ1) is 11.8. The fourth-order valence-corrected chi connectivity index (χ4v) is 4.59. The van der Waals surface area contributed by atoms with Gasteiger partial charge in [0.25, 0.3) is 0 Å². The van der Waals surface area contributed by atoms with E-state index in [0.717, 1.165) is 24.5 Å². The van der Waals surface area contributed by atoms with Crippen molar-refractivity contribution in [1.82, 2.24) is 5.32 Å². The molecule has 4 nitrogen and oxygen atoms in total. The molecule has 1 fully saturated rings. The molecule has 1 aliphatic heterocycles. The van der Waals surface area contributed by atoms with Crippen molar-refractivity contribution >= 4 is 0 Å². The van der Waals surface area contributed by atoms with E-state index in [9.17, 15) is 0 Å². The van der Waals surface area contributed by atoms with Crippen molar-refractivity contribution in [2.24, 2.45) is 5.92 Å². The van der Waals surface area contributed by atoms with Crippen molar-refractivity contribution in [3.05, 3.63) is 23.3 Å². The lowest BCUT2D eigenvalue weighted by Crippen LogP contribution is -2.40. The Morgan fingerprint density at radius 2 is 1.79 bits per heavy atom. The van der Waals surface area contributed by atoms with Crippen molar-refractivity contribution in [2.75, 3.05) is 20.5 Å². The summed E-state index contributed by atoms with van der Waals surface area (Å²) in [6, 6.07) is 5.41. The molecule has 0 saturated heterocycles. The first kappa shape index (κ1) is 16.2. The Balaban J connectivity index is 1.60. The van der Waals surface area contributed by atoms with Crippen LogP contribution in [0.2, 0.25) is 0 Å². The van der Waals surface area contributed by atoms with Gasteiger partial charge in [0, 0.05) is 25.1 Å². The summed E-state index contributed by atoms with van der Waals surface area (Å²) in [5.74, 6) is 2.35. The quantitative estimate of drug-likeness (QED) is 0.847. The number of rotatable bonds is 4. The molecule has 4 rings (SSSR count). The molecule has 1 heterocycles. The highest BCUT2D eigenvalue weighted by atomic mass is 16.7. The van der Waals surface area contributed by atoms with Crippen LogP contribution in [0, 0.1) is 5.92 Å². The smallest absolute Gasteiger partial charge is 0.231 e. The summed E-state index contributed by atoms with van der Waals surface area (Å²) in [7, 11) is 1.82. The minimum absolute atomic E-state index is 0.348. The normalized spacial score (nSPS) is 26.9. The minimum atomic E-state index is 0.348. The van der Waals surface area contributed by atoms with Crippen LogP contribution < -0.4 is 14.8 Å². The molecule has 0 bridgehead atoms. The number of hydrogen-bond acceptors (Lipinski definition) is 4. The number of fused-ring (bicyclic) bond motifs is 2. The Morgan fingerprint density at radius 1 is 1.04 bits per heavy atom. The lowest BCUT2D eigenvalue weighted by atomic mass is 9.79. The topological polar surface area (TPSA) is 39.7 Å². The molecule has 1 aromatic carbocycles. The van der Waals surface area contributed by atoms with Crippen LogP contribution >= 0.6 is 0 Å². The van der Waals surface area contributed by atoms with E-state index in [1.807, 2.05) is 7.11 Å². The van der Waals surface area contributed by atoms with Crippen LogP contribution in [0.5, 0.6) is 11.5 Å². The van der Waals surface area contributed by atoms with Crippen LogP contribution in [0.1, 0.15) is 62.1 Å². The summed E-state index contributed by atoms with van der Waals surface area (Å²) in [6.45, 7) is 1.17. The molecule has 24 heavy (non-hydrogen) atoms. The molecule has 1 N–H and O–H groups in total. The Kier molecular flexibility index (Phi) is 4.95. The van der Waals surface area contributed by atoms with E-state index >= 15 is 0 Å². The summed E-state index contributed by atoms with van der Waals surface area (Å²) >= 11 is 0. The summed E-state index contributed by atoms with van der Waals surface area (Å²) in [6.07, 6.45) is 10.4. The monoisotopic (exact) mass is 331 g/mol. The van der Waals surface area contributed by atoms with Crippen molar-refractivity contribution in [3.63, 3.8) is 0 Å². The first-order valence-corrected chi connectivity index (χ1v) is 9.52. The Bertz CT molecular complexity index is 566. The predicted octanol–water partition coefficient (Wildman–Crippen LogP) is 3.98. The average Bonchev–Trinajstić information content (AvgIpc) is 2.89. The van der Waals surface area contributed by atoms with Crippen LogP contribution in [-0.2, 0) is 11.2 Å². The number of hydrogen-bond donors (Lipinski definition) is 1. The average molecular weight is 331 g/mol. The van der Waals surface area contributed by atoms with Crippen molar-refractivity contribution in [3.8, 4) is 11.5 Å². The molecule has 2 aliphatic carbocycles. The molecule has 4 heteroatoms. The molecule has 0 aromatic heterocycles. The Labute approximate surface area is 144 Å². The number of nitrogens with one attached hydrogen (secondary N) is 1. The fourth-order valence-electron chi connectivity index (χ4n) is 4.59. The van der Waals surface area contributed by atoms with Crippen molar-refractivity contribution in [1.29, 1.82) is 0 Å². The van der Waals surface area contributed by atoms with Crippen LogP contribution in [0.15, 0.2) is 12.1 Å². The molecule has 1 saturated carbocycles. The van der Waals surface area contributed by atoms with E-state index < -0.39 is 0 Å². The van der Waals surface area contributed by atoms with E-state index in [1.54, 1.807) is 0 Å². The highest BCUT2D eigenvalue weighted by Crippen LogP contribution is 2.43. The molecule has 0 amide bonds. The van der Waals surface area contributed by atoms with Gasteiger partial charge in [-0.1, -0.05) is 25.7 Å². The van der Waals surface area contributed by atoms with Gasteiger partial charge in [0.2, 0.25) is 6.79 Å². The van der Waals surface area contributed by atoms with Crippen LogP contribution in [-0.4, -0.2) is 26.6 Å². The van der Waals surface area contributed by atoms with E-state index in [1.165, 1.54) is 56.1 Å². The molecule has 3 aliphatic rings. The van der Waals surface area contributed by atoms with Gasteiger partial charge in [0.1, 0.15) is 0 Å². The second-order valence-corrected chi connectivity index (χ2v) is 7.49. The summed E-state index contributed by atoms with van der Waals surface area (Å²) < 4.78 is 16.7. The molecule has 132 valence electrons. The number of aryl methyl sites for hydroxylation is 1. The van der Waals surface area contributed by atoms with Gasteiger partial charge >= 0.3 is 0 Å². The van der Waals surface area contributed by atoms with E-state index in [0.29, 0.717) is 24.8 Å². The Morgan fingerprint density at radius 3 is 2.54 bits per heavy atom. The third kappa shape index (κ3) is 3.27. The second kappa shape index (κ2) is 7.32. The summed E-state index contributed by atoms with van der Waals surface area (Å²) in [4.78, 5) is 0. The standard InChI is InChI=1S/C20H29NO3/c1-22-12-15-9-8-14-10-18-19(24-13-23-18)11-17(14)20(15)21-16-6-4-2-3-5-7-16/h10-11,15-16,20-21H,2-9,12-13H2,1H3. The zero-order valence-electron chi connectivity index (χ0n) is 14.7. The SMILES string of the molecule is COCC1CCc2cc3c(cc2C1NC1CCCCCC1)OCO3. The van der Waals surface area contributed by atoms with E-state index in [4.69, 9.17) is 14.2 Å². The lowest BCUT2D eigenvalue weighted by Gasteiger charge is -2.36. The number of ether oxygens (including phenoxy) is 3. The zero-order chi connectivity index (χ0) is 16.4. The molecule has 1 aromatic rings. The van der Waals surface area contributed by atoms with Gasteiger partial charge in [0.05, 0.1) is 6.61 Å². The summed E-state index contributed by atoms with van der Waals surface area (Å²) in [5, 5.41) is 4.00. The van der Waals surface area contributed by atoms with Gasteiger partial charge in [-0.2, -0.15) is 0 Å². The summed E-state index contributed by atoms with van der Waals surface area (Å²) in [5.41, 5.74) is 2.81. The van der Waals surface area contributed by atoms with Gasteiger partial charge in [0.15, 0.2) is 11.5 Å². The maximum absolute atomic E-state index is 5.64. The van der Waals surface area contributed by atoms with Gasteiger partial charge in [-0.15, -0.1) is 0 Å². The van der Waals surface area contributed by atoms with Gasteiger partial charge in [-0.3, -0.25) is 0 Å². The lowest BCUT2D eigenvalue weighted by molar-refractivity contribution is 0.115. The highest BCUT2D eigenvalue weighted by Gasteiger charge is 2.33. The zero-order valence-corrected chi connectivity index (χ0v) is 14.7. The maximum atomic E-state index is 5.64. The molecular weight excluding hydrogens is 302 g/mol. The highest BCUT2D eigenvalue weighted by molar-refractivity contribution is 5.50. The maximum Gasteiger partial charge on any atom is 0.231 e. The molecule has 0 radical (unpaired) electrons. The van der Waals surface area contributed by atoms with Crippen molar-refractivity contribution in [2.45, 2.75) is 63.5 Å². The largest absolute Gasteiger partial charge is 0.454 e. The minimum Gasteiger partial charge on any atom is -0.454 e. The number of methoxy groups -OCH3 is 1. The Hall–Kier alpha value is -1.26. The van der Waals surface area contributed by atoms with Gasteiger partial charge in [-0.25, -0.2) is 0 Å². The first-order valence-electron chi connectivity index (χ1n) is 9.52. The third-order valence-electron chi connectivity index (χ3n) is 5.88. The molecule has 0 spiro atoms. The van der Waals surface area contributed by atoms with Crippen LogP contribution in [0.3, 0.4) is 0 Å². The fraction of sp³-hybridized carbons (Fsp3) is 0.700. The van der Waals surface area contributed by atoms with Gasteiger partial charge < -0.3 is 19.5 Å². The molecular formula is C20H29NO3.